The average Bonchev–Trinajstić information content (AvgIpc) is 2.28. The number of benzene rings is 1. The molecular formula is C12H15N3OS. The van der Waals surface area contributed by atoms with E-state index >= 15 is 0 Å². The molecule has 0 aliphatic carbocycles. The number of likely N-dealkylation sites (N-methyl/N-ethyl adjacent to an activating group) is 1. The van der Waals surface area contributed by atoms with Gasteiger partial charge in [-0.15, -0.1) is 11.8 Å². The van der Waals surface area contributed by atoms with Crippen molar-refractivity contribution in [2.75, 3.05) is 24.2 Å². The number of primary amides is 1. The Balaban J connectivity index is 3.11. The van der Waals surface area contributed by atoms with Crippen molar-refractivity contribution in [1.29, 1.82) is 5.26 Å². The van der Waals surface area contributed by atoms with Crippen LogP contribution in [-0.4, -0.2) is 25.3 Å². The smallest absolute Gasteiger partial charge is 0.236 e. The van der Waals surface area contributed by atoms with Gasteiger partial charge in [-0.05, 0) is 17.9 Å². The predicted molar refractivity (Wildman–Crippen MR) is 70.0 cm³/mol. The Kier molecular flexibility index (Phi) is 4.85. The second kappa shape index (κ2) is 6.16. The summed E-state index contributed by atoms with van der Waals surface area (Å²) in [5.41, 5.74) is 6.49. The van der Waals surface area contributed by atoms with E-state index in [1.54, 1.807) is 23.7 Å². The van der Waals surface area contributed by atoms with E-state index in [2.05, 4.69) is 6.07 Å². The third-order valence-electron chi connectivity index (χ3n) is 2.22. The molecule has 0 radical (unpaired) electrons. The van der Waals surface area contributed by atoms with Crippen LogP contribution in [-0.2, 0) is 4.79 Å². The molecule has 0 aliphatic rings. The van der Waals surface area contributed by atoms with E-state index in [0.717, 1.165) is 16.3 Å². The Bertz CT molecular complexity index is 454. The number of rotatable bonds is 5. The lowest BCUT2D eigenvalue weighted by Gasteiger charge is -2.19. The number of nitrogens with two attached hydrogens (primary N) is 1. The van der Waals surface area contributed by atoms with Gasteiger partial charge in [0.05, 0.1) is 17.8 Å². The van der Waals surface area contributed by atoms with Gasteiger partial charge in [0, 0.05) is 11.9 Å². The van der Waals surface area contributed by atoms with Crippen LogP contribution in [0, 0.1) is 11.3 Å². The molecule has 17 heavy (non-hydrogen) atoms. The molecule has 90 valence electrons. The molecule has 5 heteroatoms. The van der Waals surface area contributed by atoms with Crippen LogP contribution in [0.25, 0.3) is 0 Å². The lowest BCUT2D eigenvalue weighted by Crippen LogP contribution is -2.31. The van der Waals surface area contributed by atoms with Gasteiger partial charge >= 0.3 is 0 Å². The summed E-state index contributed by atoms with van der Waals surface area (Å²) >= 11 is 1.61. The van der Waals surface area contributed by atoms with Gasteiger partial charge in [0.15, 0.2) is 0 Å². The molecule has 0 saturated heterocycles. The fourth-order valence-electron chi connectivity index (χ4n) is 1.54. The monoisotopic (exact) mass is 249 g/mol. The van der Waals surface area contributed by atoms with E-state index in [1.165, 1.54) is 0 Å². The molecule has 2 N–H and O–H groups in total. The van der Waals surface area contributed by atoms with Gasteiger partial charge in [-0.25, -0.2) is 0 Å². The minimum Gasteiger partial charge on any atom is -0.368 e. The number of hydrogen-bond acceptors (Lipinski definition) is 4. The van der Waals surface area contributed by atoms with Crippen molar-refractivity contribution in [2.24, 2.45) is 5.73 Å². The molecule has 0 unspecified atom stereocenters. The Morgan fingerprint density at radius 2 is 2.29 bits per heavy atom. The summed E-state index contributed by atoms with van der Waals surface area (Å²) in [5, 5.41) is 9.20. The highest BCUT2D eigenvalue weighted by Gasteiger charge is 2.12. The van der Waals surface area contributed by atoms with Gasteiger partial charge < -0.3 is 10.6 Å². The first-order valence-corrected chi connectivity index (χ1v) is 6.24. The first kappa shape index (κ1) is 13.4. The van der Waals surface area contributed by atoms with E-state index in [0.29, 0.717) is 5.56 Å². The van der Waals surface area contributed by atoms with Gasteiger partial charge in [-0.3, -0.25) is 4.79 Å². The van der Waals surface area contributed by atoms with Crippen LogP contribution < -0.4 is 10.6 Å². The Morgan fingerprint density at radius 1 is 1.59 bits per heavy atom. The molecule has 0 spiro atoms. The summed E-state index contributed by atoms with van der Waals surface area (Å²) < 4.78 is 0. The minimum absolute atomic E-state index is 0.106. The van der Waals surface area contributed by atoms with Crippen LogP contribution in [0.2, 0.25) is 0 Å². The SMILES string of the molecule is CCSc1cccc(N(C)CC(N)=O)c1C#N. The molecule has 4 nitrogen and oxygen atoms in total. The van der Waals surface area contributed by atoms with E-state index in [1.807, 2.05) is 25.1 Å². The molecular weight excluding hydrogens is 234 g/mol. The van der Waals surface area contributed by atoms with Gasteiger partial charge in [-0.1, -0.05) is 13.0 Å². The number of amides is 1. The third kappa shape index (κ3) is 3.40. The summed E-state index contributed by atoms with van der Waals surface area (Å²) in [6, 6.07) is 7.80. The first-order valence-electron chi connectivity index (χ1n) is 5.25. The van der Waals surface area contributed by atoms with Crippen molar-refractivity contribution in [2.45, 2.75) is 11.8 Å². The number of carbonyl (C=O) groups is 1. The van der Waals surface area contributed by atoms with Crippen molar-refractivity contribution >= 4 is 23.4 Å². The highest BCUT2D eigenvalue weighted by atomic mass is 32.2. The highest BCUT2D eigenvalue weighted by molar-refractivity contribution is 7.99. The summed E-state index contributed by atoms with van der Waals surface area (Å²) in [4.78, 5) is 13.5. The predicted octanol–water partition coefficient (Wildman–Crippen LogP) is 1.59. The maximum atomic E-state index is 10.9. The normalized spacial score (nSPS) is 9.71. The van der Waals surface area contributed by atoms with Crippen LogP contribution in [0.1, 0.15) is 12.5 Å². The maximum absolute atomic E-state index is 10.9. The van der Waals surface area contributed by atoms with Gasteiger partial charge in [0.2, 0.25) is 5.91 Å². The third-order valence-corrected chi connectivity index (χ3v) is 3.16. The molecule has 0 saturated carbocycles. The zero-order valence-corrected chi connectivity index (χ0v) is 10.8. The Morgan fingerprint density at radius 3 is 2.82 bits per heavy atom. The maximum Gasteiger partial charge on any atom is 0.236 e. The van der Waals surface area contributed by atoms with Crippen molar-refractivity contribution in [1.82, 2.24) is 0 Å². The second-order valence-corrected chi connectivity index (χ2v) is 4.82. The van der Waals surface area contributed by atoms with Crippen molar-refractivity contribution in [3.63, 3.8) is 0 Å². The van der Waals surface area contributed by atoms with Crippen LogP contribution in [0.15, 0.2) is 23.1 Å². The van der Waals surface area contributed by atoms with Gasteiger partial charge in [0.1, 0.15) is 6.07 Å². The molecule has 0 fully saturated rings. The molecule has 0 atom stereocenters. The van der Waals surface area contributed by atoms with Crippen LogP contribution in [0.3, 0.4) is 0 Å². The Hall–Kier alpha value is -1.67. The zero-order valence-electron chi connectivity index (χ0n) is 9.93. The summed E-state index contributed by atoms with van der Waals surface area (Å²) in [6.07, 6.45) is 0. The second-order valence-electron chi connectivity index (χ2n) is 3.52. The number of nitrogens with zero attached hydrogens (tertiary/aromatic N) is 2. The lowest BCUT2D eigenvalue weighted by atomic mass is 10.2. The number of nitriles is 1. The fourth-order valence-corrected chi connectivity index (χ4v) is 2.33. The van der Waals surface area contributed by atoms with Crippen molar-refractivity contribution < 1.29 is 4.79 Å². The molecule has 1 rings (SSSR count). The molecule has 0 bridgehead atoms. The van der Waals surface area contributed by atoms with Crippen LogP contribution in [0.4, 0.5) is 5.69 Å². The largest absolute Gasteiger partial charge is 0.368 e. The number of hydrogen-bond donors (Lipinski definition) is 1. The number of carbonyl (C=O) groups excluding carboxylic acids is 1. The molecule has 0 aromatic heterocycles. The number of thioether (sulfide) groups is 1. The number of anilines is 1. The fraction of sp³-hybridized carbons (Fsp3) is 0.333. The van der Waals surface area contributed by atoms with Crippen molar-refractivity contribution in [3.8, 4) is 6.07 Å². The van der Waals surface area contributed by atoms with E-state index in [4.69, 9.17) is 5.73 Å². The highest BCUT2D eigenvalue weighted by Crippen LogP contribution is 2.29. The van der Waals surface area contributed by atoms with Crippen molar-refractivity contribution in [3.05, 3.63) is 23.8 Å². The first-order chi connectivity index (χ1) is 8.10. The van der Waals surface area contributed by atoms with E-state index < -0.39 is 5.91 Å². The summed E-state index contributed by atoms with van der Waals surface area (Å²) in [7, 11) is 1.75. The quantitative estimate of drug-likeness (QED) is 0.804. The molecule has 0 heterocycles. The average molecular weight is 249 g/mol. The van der Waals surface area contributed by atoms with E-state index in [-0.39, 0.29) is 6.54 Å². The summed E-state index contributed by atoms with van der Waals surface area (Å²) in [6.45, 7) is 2.14. The lowest BCUT2D eigenvalue weighted by molar-refractivity contribution is -0.116. The van der Waals surface area contributed by atoms with Gasteiger partial charge in [0.25, 0.3) is 0 Å². The summed E-state index contributed by atoms with van der Waals surface area (Å²) in [5.74, 6) is 0.488. The minimum atomic E-state index is -0.412. The molecule has 0 aliphatic heterocycles. The molecule has 1 aromatic carbocycles. The van der Waals surface area contributed by atoms with Crippen LogP contribution >= 0.6 is 11.8 Å². The molecule has 1 aromatic rings. The zero-order chi connectivity index (χ0) is 12.8. The van der Waals surface area contributed by atoms with Crippen LogP contribution in [0.5, 0.6) is 0 Å². The standard InChI is InChI=1S/C12H15N3OS/c1-3-17-11-6-4-5-10(9(11)7-13)15(2)8-12(14)16/h4-6H,3,8H2,1-2H3,(H2,14,16). The molecule has 1 amide bonds. The van der Waals surface area contributed by atoms with E-state index in [9.17, 15) is 10.1 Å². The van der Waals surface area contributed by atoms with Gasteiger partial charge in [-0.2, -0.15) is 5.26 Å². The Labute approximate surface area is 105 Å². The topological polar surface area (TPSA) is 70.1 Å².